The number of rotatable bonds is 14. The van der Waals surface area contributed by atoms with Crippen LogP contribution in [0.2, 0.25) is 0 Å². The molecule has 4 atom stereocenters. The summed E-state index contributed by atoms with van der Waals surface area (Å²) in [5, 5.41) is 28.9. The van der Waals surface area contributed by atoms with Crippen molar-refractivity contribution >= 4 is 0 Å². The highest BCUT2D eigenvalue weighted by atomic mass is 16.5. The lowest BCUT2D eigenvalue weighted by Crippen LogP contribution is -2.40. The minimum absolute atomic E-state index is 0.0645. The zero-order valence-electron chi connectivity index (χ0n) is 15.1. The summed E-state index contributed by atoms with van der Waals surface area (Å²) in [5.74, 6) is 0. The Morgan fingerprint density at radius 3 is 2.29 bits per heavy atom. The Balaban J connectivity index is 1.87. The minimum atomic E-state index is -1.03. The van der Waals surface area contributed by atoms with Crippen molar-refractivity contribution in [2.45, 2.75) is 89.1 Å². The van der Waals surface area contributed by atoms with Gasteiger partial charge in [0, 0.05) is 6.61 Å². The van der Waals surface area contributed by atoms with E-state index in [1.807, 2.05) is 0 Å². The Kier molecular flexibility index (Phi) is 12.4. The van der Waals surface area contributed by atoms with Gasteiger partial charge in [-0.25, -0.2) is 0 Å². The smallest absolute Gasteiger partial charge is 0.114 e. The van der Waals surface area contributed by atoms with Crippen LogP contribution in [0.15, 0.2) is 12.2 Å². The van der Waals surface area contributed by atoms with Crippen LogP contribution in [0.1, 0.15) is 64.7 Å². The predicted molar refractivity (Wildman–Crippen MR) is 94.9 cm³/mol. The third-order valence-electron chi connectivity index (χ3n) is 4.41. The molecule has 0 saturated carbocycles. The fourth-order valence-corrected chi connectivity index (χ4v) is 2.83. The van der Waals surface area contributed by atoms with Crippen molar-refractivity contribution in [2.24, 2.45) is 0 Å². The average molecular weight is 344 g/mol. The zero-order chi connectivity index (χ0) is 17.6. The fraction of sp³-hybridized carbons (Fsp3) is 0.895. The van der Waals surface area contributed by atoms with Crippen LogP contribution in [-0.4, -0.2) is 59.6 Å². The third-order valence-corrected chi connectivity index (χ3v) is 4.41. The molecular formula is C19H36O5. The van der Waals surface area contributed by atoms with E-state index in [0.29, 0.717) is 6.61 Å². The molecule has 0 aliphatic carbocycles. The minimum Gasteiger partial charge on any atom is -0.388 e. The molecule has 24 heavy (non-hydrogen) atoms. The van der Waals surface area contributed by atoms with Crippen molar-refractivity contribution < 1.29 is 24.8 Å². The largest absolute Gasteiger partial charge is 0.388 e. The molecule has 0 aromatic rings. The Bertz CT molecular complexity index is 321. The van der Waals surface area contributed by atoms with E-state index in [2.05, 4.69) is 19.1 Å². The van der Waals surface area contributed by atoms with Crippen LogP contribution in [0.25, 0.3) is 0 Å². The van der Waals surface area contributed by atoms with Gasteiger partial charge in [0.15, 0.2) is 0 Å². The Morgan fingerprint density at radius 2 is 1.71 bits per heavy atom. The first-order valence-electron chi connectivity index (χ1n) is 9.55. The number of hydrogen-bond acceptors (Lipinski definition) is 5. The Hall–Kier alpha value is -0.460. The van der Waals surface area contributed by atoms with Gasteiger partial charge in [0.25, 0.3) is 0 Å². The van der Waals surface area contributed by atoms with Crippen molar-refractivity contribution in [3.63, 3.8) is 0 Å². The van der Waals surface area contributed by atoms with E-state index < -0.39 is 24.4 Å². The van der Waals surface area contributed by atoms with Crippen LogP contribution in [0, 0.1) is 0 Å². The van der Waals surface area contributed by atoms with Crippen molar-refractivity contribution in [1.29, 1.82) is 0 Å². The van der Waals surface area contributed by atoms with Crippen LogP contribution in [0.5, 0.6) is 0 Å². The molecule has 1 fully saturated rings. The van der Waals surface area contributed by atoms with Crippen LogP contribution in [0.4, 0.5) is 0 Å². The lowest BCUT2D eigenvalue weighted by Gasteiger charge is -2.20. The summed E-state index contributed by atoms with van der Waals surface area (Å²) in [6.07, 6.45) is 11.8. The molecule has 0 unspecified atom stereocenters. The molecule has 1 saturated heterocycles. The maximum atomic E-state index is 9.88. The van der Waals surface area contributed by atoms with Gasteiger partial charge in [0.2, 0.25) is 0 Å². The van der Waals surface area contributed by atoms with Crippen LogP contribution < -0.4 is 0 Å². The SMILES string of the molecule is CCCCCC/C=C/CCCCCOC[C@@H](O)[C@@H]1OC[C@H](O)[C@@H]1O. The summed E-state index contributed by atoms with van der Waals surface area (Å²) in [6.45, 7) is 3.03. The second kappa shape index (κ2) is 13.8. The van der Waals surface area contributed by atoms with Crippen molar-refractivity contribution in [3.05, 3.63) is 12.2 Å². The highest BCUT2D eigenvalue weighted by Crippen LogP contribution is 2.17. The van der Waals surface area contributed by atoms with Crippen LogP contribution in [-0.2, 0) is 9.47 Å². The van der Waals surface area contributed by atoms with E-state index in [9.17, 15) is 15.3 Å². The molecule has 5 nitrogen and oxygen atoms in total. The second-order valence-electron chi connectivity index (χ2n) is 6.67. The van der Waals surface area contributed by atoms with Crippen molar-refractivity contribution in [1.82, 2.24) is 0 Å². The van der Waals surface area contributed by atoms with E-state index >= 15 is 0 Å². The average Bonchev–Trinajstić information content (AvgIpc) is 2.91. The lowest BCUT2D eigenvalue weighted by molar-refractivity contribution is -0.0813. The van der Waals surface area contributed by atoms with Gasteiger partial charge in [-0.3, -0.25) is 0 Å². The van der Waals surface area contributed by atoms with Gasteiger partial charge < -0.3 is 24.8 Å². The number of aliphatic hydroxyl groups is 3. The molecule has 0 bridgehead atoms. The van der Waals surface area contributed by atoms with Gasteiger partial charge in [0.1, 0.15) is 24.4 Å². The van der Waals surface area contributed by atoms with Gasteiger partial charge in [-0.15, -0.1) is 0 Å². The van der Waals surface area contributed by atoms with E-state index in [-0.39, 0.29) is 13.2 Å². The van der Waals surface area contributed by atoms with Crippen molar-refractivity contribution in [3.8, 4) is 0 Å². The second-order valence-corrected chi connectivity index (χ2v) is 6.67. The van der Waals surface area contributed by atoms with Gasteiger partial charge in [-0.2, -0.15) is 0 Å². The molecule has 1 rings (SSSR count). The molecule has 0 radical (unpaired) electrons. The first-order chi connectivity index (χ1) is 11.7. The number of ether oxygens (including phenoxy) is 2. The monoisotopic (exact) mass is 344 g/mol. The molecule has 1 aliphatic heterocycles. The summed E-state index contributed by atoms with van der Waals surface area (Å²) in [6, 6.07) is 0. The summed E-state index contributed by atoms with van der Waals surface area (Å²) in [7, 11) is 0. The van der Waals surface area contributed by atoms with E-state index in [4.69, 9.17) is 9.47 Å². The first-order valence-corrected chi connectivity index (χ1v) is 9.55. The summed E-state index contributed by atoms with van der Waals surface area (Å²) < 4.78 is 10.6. The third kappa shape index (κ3) is 9.14. The first kappa shape index (κ1) is 21.6. The molecule has 5 heteroatoms. The normalized spacial score (nSPS) is 25.6. The Labute approximate surface area is 146 Å². The zero-order valence-corrected chi connectivity index (χ0v) is 15.1. The predicted octanol–water partition coefficient (Wildman–Crippen LogP) is 2.57. The van der Waals surface area contributed by atoms with Gasteiger partial charge >= 0.3 is 0 Å². The Morgan fingerprint density at radius 1 is 1.04 bits per heavy atom. The summed E-state index contributed by atoms with van der Waals surface area (Å²) >= 11 is 0. The molecule has 1 aliphatic rings. The molecule has 1 heterocycles. The van der Waals surface area contributed by atoms with Gasteiger partial charge in [-0.05, 0) is 32.1 Å². The fourth-order valence-electron chi connectivity index (χ4n) is 2.83. The quantitative estimate of drug-likeness (QED) is 0.333. The molecule has 142 valence electrons. The van der Waals surface area contributed by atoms with Crippen LogP contribution >= 0.6 is 0 Å². The molecule has 0 spiro atoms. The maximum Gasteiger partial charge on any atom is 0.114 e. The summed E-state index contributed by atoms with van der Waals surface area (Å²) in [5.41, 5.74) is 0. The van der Waals surface area contributed by atoms with Gasteiger partial charge in [-0.1, -0.05) is 44.8 Å². The van der Waals surface area contributed by atoms with E-state index in [0.717, 1.165) is 25.7 Å². The summed E-state index contributed by atoms with van der Waals surface area (Å²) in [4.78, 5) is 0. The van der Waals surface area contributed by atoms with E-state index in [1.165, 1.54) is 32.1 Å². The number of hydrogen-bond donors (Lipinski definition) is 3. The highest BCUT2D eigenvalue weighted by molar-refractivity contribution is 4.87. The molecule has 3 N–H and O–H groups in total. The molecule has 0 aromatic carbocycles. The molecule has 0 aromatic heterocycles. The van der Waals surface area contributed by atoms with E-state index in [1.54, 1.807) is 0 Å². The van der Waals surface area contributed by atoms with Crippen molar-refractivity contribution in [2.75, 3.05) is 19.8 Å². The maximum absolute atomic E-state index is 9.88. The molecule has 0 amide bonds. The standard InChI is InChI=1S/C19H36O5/c1-2-3-4-5-6-7-8-9-10-11-12-13-23-14-17(21)19-18(22)16(20)15-24-19/h7-8,16-22H,2-6,9-15H2,1H3/b8-7+/t16-,17+,18-,19-/m0/s1. The van der Waals surface area contributed by atoms with Gasteiger partial charge in [0.05, 0.1) is 13.2 Å². The highest BCUT2D eigenvalue weighted by Gasteiger charge is 2.39. The lowest BCUT2D eigenvalue weighted by atomic mass is 10.1. The number of aliphatic hydroxyl groups excluding tert-OH is 3. The topological polar surface area (TPSA) is 79.2 Å². The molecular weight excluding hydrogens is 308 g/mol. The number of unbranched alkanes of at least 4 members (excludes halogenated alkanes) is 7. The number of allylic oxidation sites excluding steroid dienone is 2. The van der Waals surface area contributed by atoms with Crippen LogP contribution in [0.3, 0.4) is 0 Å².